The van der Waals surface area contributed by atoms with Crippen molar-refractivity contribution in [2.75, 3.05) is 13.1 Å². The maximum Gasteiger partial charge on any atom is 0.257 e. The largest absolute Gasteiger partial charge is 0.338 e. The molecule has 3 N–H and O–H groups in total. The fraction of sp³-hybridized carbons (Fsp3) is 0.667. The summed E-state index contributed by atoms with van der Waals surface area (Å²) in [6, 6.07) is 0.149. The van der Waals surface area contributed by atoms with Gasteiger partial charge in [0, 0.05) is 24.8 Å². The average Bonchev–Trinajstić information content (AvgIpc) is 2.74. The van der Waals surface area contributed by atoms with Crippen LogP contribution in [0, 0.1) is 12.8 Å². The number of nitrogens with one attached hydrogen (secondary N) is 1. The van der Waals surface area contributed by atoms with Crippen molar-refractivity contribution in [3.8, 4) is 0 Å². The van der Waals surface area contributed by atoms with E-state index in [1.165, 1.54) is 0 Å². The van der Waals surface area contributed by atoms with Gasteiger partial charge in [-0.3, -0.25) is 9.89 Å². The van der Waals surface area contributed by atoms with Crippen molar-refractivity contribution >= 4 is 5.91 Å². The molecule has 0 saturated carbocycles. The lowest BCUT2D eigenvalue weighted by molar-refractivity contribution is 0.0660. The summed E-state index contributed by atoms with van der Waals surface area (Å²) in [4.78, 5) is 14.2. The number of likely N-dealkylation sites (tertiary alicyclic amines) is 1. The van der Waals surface area contributed by atoms with Gasteiger partial charge in [-0.05, 0) is 32.6 Å². The van der Waals surface area contributed by atoms with E-state index in [1.54, 1.807) is 6.20 Å². The van der Waals surface area contributed by atoms with Crippen LogP contribution >= 0.6 is 0 Å². The van der Waals surface area contributed by atoms with Gasteiger partial charge < -0.3 is 10.6 Å². The molecule has 0 bridgehead atoms. The van der Waals surface area contributed by atoms with E-state index in [9.17, 15) is 4.79 Å². The first-order chi connectivity index (χ1) is 8.09. The first kappa shape index (κ1) is 12.1. The highest BCUT2D eigenvalue weighted by Crippen LogP contribution is 2.20. The molecule has 17 heavy (non-hydrogen) atoms. The van der Waals surface area contributed by atoms with Crippen LogP contribution < -0.4 is 5.73 Å². The minimum Gasteiger partial charge on any atom is -0.338 e. The number of carbonyl (C=O) groups is 1. The molecular formula is C12H20N4O. The Morgan fingerprint density at radius 2 is 2.47 bits per heavy atom. The van der Waals surface area contributed by atoms with Crippen molar-refractivity contribution in [2.24, 2.45) is 11.7 Å². The molecule has 94 valence electrons. The van der Waals surface area contributed by atoms with E-state index in [2.05, 4.69) is 10.2 Å². The Kier molecular flexibility index (Phi) is 3.47. The van der Waals surface area contributed by atoms with E-state index in [0.29, 0.717) is 11.5 Å². The van der Waals surface area contributed by atoms with Gasteiger partial charge in [-0.1, -0.05) is 0 Å². The molecule has 0 radical (unpaired) electrons. The predicted octanol–water partition coefficient (Wildman–Crippen LogP) is 0.918. The second-order valence-corrected chi connectivity index (χ2v) is 4.92. The second kappa shape index (κ2) is 4.87. The first-order valence-corrected chi connectivity index (χ1v) is 6.14. The second-order valence-electron chi connectivity index (χ2n) is 4.92. The summed E-state index contributed by atoms with van der Waals surface area (Å²) in [7, 11) is 0. The van der Waals surface area contributed by atoms with Crippen molar-refractivity contribution < 1.29 is 4.79 Å². The Balaban J connectivity index is 2.07. The van der Waals surface area contributed by atoms with E-state index in [1.807, 2.05) is 18.7 Å². The van der Waals surface area contributed by atoms with E-state index >= 15 is 0 Å². The lowest BCUT2D eigenvalue weighted by Gasteiger charge is -2.34. The molecule has 1 aliphatic rings. The number of carbonyl (C=O) groups excluding carboxylic acids is 1. The van der Waals surface area contributed by atoms with Gasteiger partial charge in [0.2, 0.25) is 0 Å². The average molecular weight is 236 g/mol. The van der Waals surface area contributed by atoms with E-state index in [-0.39, 0.29) is 11.9 Å². The number of hydrogen-bond donors (Lipinski definition) is 2. The quantitative estimate of drug-likeness (QED) is 0.801. The Labute approximate surface area is 101 Å². The van der Waals surface area contributed by atoms with Crippen LogP contribution in [0.4, 0.5) is 0 Å². The van der Waals surface area contributed by atoms with Crippen LogP contribution in [-0.4, -0.2) is 40.1 Å². The van der Waals surface area contributed by atoms with Gasteiger partial charge in [-0.25, -0.2) is 0 Å². The van der Waals surface area contributed by atoms with Crippen LogP contribution in [0.2, 0.25) is 0 Å². The highest BCUT2D eigenvalue weighted by atomic mass is 16.2. The third-order valence-electron chi connectivity index (χ3n) is 3.55. The van der Waals surface area contributed by atoms with Crippen molar-refractivity contribution in [1.82, 2.24) is 15.1 Å². The maximum atomic E-state index is 12.3. The topological polar surface area (TPSA) is 75.0 Å². The number of nitrogens with zero attached hydrogens (tertiary/aromatic N) is 2. The minimum atomic E-state index is 0.0709. The number of amides is 1. The zero-order valence-electron chi connectivity index (χ0n) is 10.4. The zero-order valence-corrected chi connectivity index (χ0v) is 10.4. The van der Waals surface area contributed by atoms with Gasteiger partial charge in [-0.15, -0.1) is 0 Å². The molecule has 0 aliphatic carbocycles. The molecular weight excluding hydrogens is 216 g/mol. The molecule has 5 nitrogen and oxygen atoms in total. The predicted molar refractivity (Wildman–Crippen MR) is 65.6 cm³/mol. The fourth-order valence-corrected chi connectivity index (χ4v) is 2.36. The molecule has 1 aliphatic heterocycles. The first-order valence-electron chi connectivity index (χ1n) is 6.14. The van der Waals surface area contributed by atoms with Crippen molar-refractivity contribution in [3.63, 3.8) is 0 Å². The molecule has 5 heteroatoms. The van der Waals surface area contributed by atoms with Crippen LogP contribution in [-0.2, 0) is 0 Å². The third-order valence-corrected chi connectivity index (χ3v) is 3.55. The molecule has 2 heterocycles. The lowest BCUT2D eigenvalue weighted by atomic mass is 9.92. The van der Waals surface area contributed by atoms with Gasteiger partial charge in [0.15, 0.2) is 0 Å². The van der Waals surface area contributed by atoms with Gasteiger partial charge in [0.25, 0.3) is 5.91 Å². The number of H-pyrrole nitrogens is 1. The molecule has 1 saturated heterocycles. The number of rotatable bonds is 2. The number of nitrogens with two attached hydrogens (primary N) is 1. The lowest BCUT2D eigenvalue weighted by Crippen LogP contribution is -2.45. The molecule has 2 rings (SSSR count). The minimum absolute atomic E-state index is 0.0709. The Hall–Kier alpha value is -1.36. The molecule has 2 atom stereocenters. The Morgan fingerprint density at radius 3 is 3.06 bits per heavy atom. The molecule has 1 amide bonds. The molecule has 0 aromatic carbocycles. The van der Waals surface area contributed by atoms with E-state index < -0.39 is 0 Å². The SMILES string of the molecule is Cc1[nH]ncc1C(=O)N1CCCC(C(C)N)C1. The van der Waals surface area contributed by atoms with Crippen LogP contribution in [0.25, 0.3) is 0 Å². The summed E-state index contributed by atoms with van der Waals surface area (Å²) in [5.74, 6) is 0.488. The molecule has 0 spiro atoms. The molecule has 2 unspecified atom stereocenters. The normalized spacial score (nSPS) is 22.5. The maximum absolute atomic E-state index is 12.3. The summed E-state index contributed by atoms with van der Waals surface area (Å²) in [6.45, 7) is 5.47. The van der Waals surface area contributed by atoms with Gasteiger partial charge >= 0.3 is 0 Å². The molecule has 1 aromatic rings. The Bertz CT molecular complexity index is 399. The van der Waals surface area contributed by atoms with Crippen LogP contribution in [0.5, 0.6) is 0 Å². The highest BCUT2D eigenvalue weighted by molar-refractivity contribution is 5.95. The number of piperidine rings is 1. The number of aromatic amines is 1. The van der Waals surface area contributed by atoms with Gasteiger partial charge in [0.1, 0.15) is 0 Å². The summed E-state index contributed by atoms with van der Waals surface area (Å²) >= 11 is 0. The molecule has 1 fully saturated rings. The summed E-state index contributed by atoms with van der Waals surface area (Å²) in [5.41, 5.74) is 7.43. The Morgan fingerprint density at radius 1 is 1.71 bits per heavy atom. The third kappa shape index (κ3) is 2.49. The van der Waals surface area contributed by atoms with Crippen molar-refractivity contribution in [1.29, 1.82) is 0 Å². The standard InChI is InChI=1S/C12H20N4O/c1-8(13)10-4-3-5-16(7-10)12(17)11-6-14-15-9(11)2/h6,8,10H,3-5,7,13H2,1-2H3,(H,14,15). The summed E-state index contributed by atoms with van der Waals surface area (Å²) < 4.78 is 0. The summed E-state index contributed by atoms with van der Waals surface area (Å²) in [6.07, 6.45) is 3.76. The summed E-state index contributed by atoms with van der Waals surface area (Å²) in [5, 5.41) is 6.69. The van der Waals surface area contributed by atoms with Crippen molar-refractivity contribution in [3.05, 3.63) is 17.5 Å². The fourth-order valence-electron chi connectivity index (χ4n) is 2.36. The van der Waals surface area contributed by atoms with Gasteiger partial charge in [0.05, 0.1) is 11.8 Å². The number of aromatic nitrogens is 2. The van der Waals surface area contributed by atoms with Crippen LogP contribution in [0.1, 0.15) is 35.8 Å². The number of aryl methyl sites for hydroxylation is 1. The van der Waals surface area contributed by atoms with Crippen molar-refractivity contribution in [2.45, 2.75) is 32.7 Å². The monoisotopic (exact) mass is 236 g/mol. The van der Waals surface area contributed by atoms with Crippen LogP contribution in [0.3, 0.4) is 0 Å². The number of hydrogen-bond acceptors (Lipinski definition) is 3. The van der Waals surface area contributed by atoms with E-state index in [0.717, 1.165) is 31.6 Å². The van der Waals surface area contributed by atoms with Crippen LogP contribution in [0.15, 0.2) is 6.20 Å². The molecule has 1 aromatic heterocycles. The highest BCUT2D eigenvalue weighted by Gasteiger charge is 2.27. The smallest absolute Gasteiger partial charge is 0.257 e. The van der Waals surface area contributed by atoms with Gasteiger partial charge in [-0.2, -0.15) is 5.10 Å². The zero-order chi connectivity index (χ0) is 12.4. The van der Waals surface area contributed by atoms with E-state index in [4.69, 9.17) is 5.73 Å².